The molecular formula is C22H29NO2. The first kappa shape index (κ1) is 19.0. The number of carbonyl (C=O) groups excluding carboxylic acids is 1. The van der Waals surface area contributed by atoms with E-state index < -0.39 is 0 Å². The molecule has 0 aromatic heterocycles. The maximum absolute atomic E-state index is 12.4. The molecule has 2 rings (SSSR count). The molecule has 1 atom stereocenters. The van der Waals surface area contributed by atoms with Gasteiger partial charge in [-0.25, -0.2) is 0 Å². The molecule has 2 aromatic rings. The van der Waals surface area contributed by atoms with Gasteiger partial charge >= 0.3 is 0 Å². The van der Waals surface area contributed by atoms with Crippen molar-refractivity contribution in [3.8, 4) is 5.75 Å². The van der Waals surface area contributed by atoms with Crippen LogP contribution in [0.4, 0.5) is 0 Å². The average Bonchev–Trinajstić information content (AvgIpc) is 2.60. The maximum Gasteiger partial charge on any atom is 0.220 e. The Morgan fingerprint density at radius 3 is 2.24 bits per heavy atom. The van der Waals surface area contributed by atoms with Gasteiger partial charge in [0.2, 0.25) is 5.91 Å². The predicted molar refractivity (Wildman–Crippen MR) is 103 cm³/mol. The van der Waals surface area contributed by atoms with E-state index in [2.05, 4.69) is 50.4 Å². The molecule has 0 aliphatic rings. The highest BCUT2D eigenvalue weighted by molar-refractivity contribution is 5.76. The van der Waals surface area contributed by atoms with Crippen molar-refractivity contribution in [2.24, 2.45) is 5.92 Å². The van der Waals surface area contributed by atoms with Crippen LogP contribution >= 0.6 is 0 Å². The van der Waals surface area contributed by atoms with Crippen LogP contribution in [0.3, 0.4) is 0 Å². The number of methoxy groups -OCH3 is 1. The van der Waals surface area contributed by atoms with Crippen molar-refractivity contribution in [2.75, 3.05) is 7.11 Å². The summed E-state index contributed by atoms with van der Waals surface area (Å²) < 4.78 is 5.22. The minimum absolute atomic E-state index is 0.0384. The first-order chi connectivity index (χ1) is 12.0. The molecule has 0 bridgehead atoms. The Labute approximate surface area is 151 Å². The van der Waals surface area contributed by atoms with Gasteiger partial charge < -0.3 is 10.1 Å². The van der Waals surface area contributed by atoms with Crippen LogP contribution in [0.1, 0.15) is 49.4 Å². The average molecular weight is 339 g/mol. The van der Waals surface area contributed by atoms with E-state index >= 15 is 0 Å². The van der Waals surface area contributed by atoms with Crippen molar-refractivity contribution < 1.29 is 9.53 Å². The Balaban J connectivity index is 1.97. The van der Waals surface area contributed by atoms with E-state index in [-0.39, 0.29) is 11.9 Å². The third-order valence-corrected chi connectivity index (χ3v) is 4.32. The molecule has 1 amide bonds. The van der Waals surface area contributed by atoms with Gasteiger partial charge in [-0.3, -0.25) is 4.79 Å². The van der Waals surface area contributed by atoms with E-state index in [4.69, 9.17) is 4.74 Å². The Morgan fingerprint density at radius 2 is 1.68 bits per heavy atom. The second-order valence-electron chi connectivity index (χ2n) is 7.01. The number of benzene rings is 2. The van der Waals surface area contributed by atoms with Crippen LogP contribution in [0.2, 0.25) is 0 Å². The van der Waals surface area contributed by atoms with Crippen molar-refractivity contribution in [3.63, 3.8) is 0 Å². The zero-order valence-electron chi connectivity index (χ0n) is 15.7. The quantitative estimate of drug-likeness (QED) is 0.747. The lowest BCUT2D eigenvalue weighted by atomic mass is 9.96. The van der Waals surface area contributed by atoms with Gasteiger partial charge in [0.25, 0.3) is 0 Å². The van der Waals surface area contributed by atoms with E-state index in [1.807, 2.05) is 24.3 Å². The number of rotatable bonds is 8. The van der Waals surface area contributed by atoms with Gasteiger partial charge in [-0.05, 0) is 48.9 Å². The lowest BCUT2D eigenvalue weighted by Crippen LogP contribution is -2.29. The van der Waals surface area contributed by atoms with Gasteiger partial charge in [0.1, 0.15) is 5.75 Å². The second kappa shape index (κ2) is 9.26. The van der Waals surface area contributed by atoms with Gasteiger partial charge in [-0.1, -0.05) is 55.8 Å². The van der Waals surface area contributed by atoms with Gasteiger partial charge in [-0.2, -0.15) is 0 Å². The molecule has 0 unspecified atom stereocenters. The highest BCUT2D eigenvalue weighted by Gasteiger charge is 2.16. The van der Waals surface area contributed by atoms with Crippen LogP contribution in [-0.2, 0) is 11.2 Å². The van der Waals surface area contributed by atoms with Crippen LogP contribution < -0.4 is 10.1 Å². The van der Waals surface area contributed by atoms with Gasteiger partial charge in [0, 0.05) is 6.42 Å². The molecule has 134 valence electrons. The molecule has 0 spiro atoms. The highest BCUT2D eigenvalue weighted by atomic mass is 16.5. The number of amides is 1. The number of ether oxygens (including phenoxy) is 1. The summed E-state index contributed by atoms with van der Waals surface area (Å²) >= 11 is 0. The number of hydrogen-bond donors (Lipinski definition) is 1. The third kappa shape index (κ3) is 6.26. The largest absolute Gasteiger partial charge is 0.497 e. The van der Waals surface area contributed by atoms with Crippen molar-refractivity contribution in [1.82, 2.24) is 5.32 Å². The molecular weight excluding hydrogens is 310 g/mol. The normalized spacial score (nSPS) is 12.0. The molecule has 0 radical (unpaired) electrons. The smallest absolute Gasteiger partial charge is 0.220 e. The standard InChI is InChI=1S/C22H29NO2/c1-16(2)15-21(19-10-12-20(25-4)13-11-19)23-22(24)14-9-18-7-5-17(3)6-8-18/h5-8,10-13,16,21H,9,14-15H2,1-4H3,(H,23,24)/t21-/m1/s1. The fraction of sp³-hybridized carbons (Fsp3) is 0.409. The monoisotopic (exact) mass is 339 g/mol. The zero-order chi connectivity index (χ0) is 18.2. The van der Waals surface area contributed by atoms with E-state index in [9.17, 15) is 4.79 Å². The van der Waals surface area contributed by atoms with Crippen LogP contribution in [-0.4, -0.2) is 13.0 Å². The van der Waals surface area contributed by atoms with Crippen molar-refractivity contribution in [1.29, 1.82) is 0 Å². The van der Waals surface area contributed by atoms with E-state index in [1.165, 1.54) is 11.1 Å². The fourth-order valence-electron chi connectivity index (χ4n) is 2.87. The Bertz CT molecular complexity index is 659. The minimum Gasteiger partial charge on any atom is -0.497 e. The Hall–Kier alpha value is -2.29. The number of aryl methyl sites for hydroxylation is 2. The molecule has 0 saturated carbocycles. The lowest BCUT2D eigenvalue weighted by Gasteiger charge is -2.21. The first-order valence-electron chi connectivity index (χ1n) is 8.96. The van der Waals surface area contributed by atoms with Crippen molar-refractivity contribution in [2.45, 2.75) is 46.1 Å². The van der Waals surface area contributed by atoms with Gasteiger partial charge in [0.05, 0.1) is 13.2 Å². The van der Waals surface area contributed by atoms with Crippen LogP contribution in [0.15, 0.2) is 48.5 Å². The maximum atomic E-state index is 12.4. The summed E-state index contributed by atoms with van der Waals surface area (Å²) in [5, 5.41) is 3.20. The van der Waals surface area contributed by atoms with E-state index in [1.54, 1.807) is 7.11 Å². The van der Waals surface area contributed by atoms with Gasteiger partial charge in [-0.15, -0.1) is 0 Å². The summed E-state index contributed by atoms with van der Waals surface area (Å²) in [5.41, 5.74) is 3.56. The fourth-order valence-corrected chi connectivity index (χ4v) is 2.87. The van der Waals surface area contributed by atoms with Crippen molar-refractivity contribution >= 4 is 5.91 Å². The molecule has 1 N–H and O–H groups in total. The number of carbonyl (C=O) groups is 1. The lowest BCUT2D eigenvalue weighted by molar-refractivity contribution is -0.121. The van der Waals surface area contributed by atoms with Crippen LogP contribution in [0.25, 0.3) is 0 Å². The summed E-state index contributed by atoms with van der Waals surface area (Å²) in [5.74, 6) is 1.43. The SMILES string of the molecule is COc1ccc([C@@H](CC(C)C)NC(=O)CCc2ccc(C)cc2)cc1. The zero-order valence-corrected chi connectivity index (χ0v) is 15.7. The summed E-state index contributed by atoms with van der Waals surface area (Å²) in [4.78, 5) is 12.4. The van der Waals surface area contributed by atoms with E-state index in [0.29, 0.717) is 12.3 Å². The van der Waals surface area contributed by atoms with Crippen molar-refractivity contribution in [3.05, 3.63) is 65.2 Å². The Morgan fingerprint density at radius 1 is 1.04 bits per heavy atom. The molecule has 25 heavy (non-hydrogen) atoms. The summed E-state index contributed by atoms with van der Waals surface area (Å²) in [6.07, 6.45) is 2.19. The summed E-state index contributed by atoms with van der Waals surface area (Å²) in [7, 11) is 1.66. The third-order valence-electron chi connectivity index (χ3n) is 4.32. The molecule has 0 saturated heterocycles. The van der Waals surface area contributed by atoms with E-state index in [0.717, 1.165) is 24.2 Å². The number of nitrogens with one attached hydrogen (secondary N) is 1. The Kier molecular flexibility index (Phi) is 7.05. The molecule has 0 fully saturated rings. The summed E-state index contributed by atoms with van der Waals surface area (Å²) in [6.45, 7) is 6.42. The number of hydrogen-bond acceptors (Lipinski definition) is 2. The van der Waals surface area contributed by atoms with Crippen LogP contribution in [0.5, 0.6) is 5.75 Å². The molecule has 3 nitrogen and oxygen atoms in total. The molecule has 0 heterocycles. The highest BCUT2D eigenvalue weighted by Crippen LogP contribution is 2.23. The summed E-state index contributed by atoms with van der Waals surface area (Å²) in [6, 6.07) is 16.4. The molecule has 2 aromatic carbocycles. The molecule has 0 aliphatic carbocycles. The van der Waals surface area contributed by atoms with Gasteiger partial charge in [0.15, 0.2) is 0 Å². The predicted octanol–water partition coefficient (Wildman–Crippen LogP) is 4.84. The topological polar surface area (TPSA) is 38.3 Å². The minimum atomic E-state index is 0.0384. The molecule has 0 aliphatic heterocycles. The molecule has 3 heteroatoms. The second-order valence-corrected chi connectivity index (χ2v) is 7.01. The van der Waals surface area contributed by atoms with Crippen LogP contribution in [0, 0.1) is 12.8 Å². The first-order valence-corrected chi connectivity index (χ1v) is 8.96.